The van der Waals surface area contributed by atoms with Crippen molar-refractivity contribution in [2.75, 3.05) is 0 Å². The largest absolute Gasteiger partial charge is 0.425 e. The van der Waals surface area contributed by atoms with Crippen LogP contribution in [-0.2, 0) is 147 Å². The first-order valence-corrected chi connectivity index (χ1v) is 21.3. The third-order valence-corrected chi connectivity index (χ3v) is 3.83. The second-order valence-electron chi connectivity index (χ2n) is 4.96. The van der Waals surface area contributed by atoms with Gasteiger partial charge in [0.05, 0.1) is 0 Å². The van der Waals surface area contributed by atoms with E-state index in [9.17, 15) is 84.2 Å². The minimum atomic E-state index is -5.02. The van der Waals surface area contributed by atoms with Gasteiger partial charge in [0.2, 0.25) is 0 Å². The van der Waals surface area contributed by atoms with Crippen molar-refractivity contribution in [1.29, 1.82) is 0 Å². The Hall–Kier alpha value is -1.34. The van der Waals surface area contributed by atoms with Crippen LogP contribution >= 0.6 is 0 Å². The van der Waals surface area contributed by atoms with Crippen molar-refractivity contribution >= 4 is 104 Å². The zero-order chi connectivity index (χ0) is 42.1. The molecular formula is H13NO40S10. The molecule has 0 unspecified atom stereocenters. The number of rotatable bonds is 15. The second kappa shape index (κ2) is 23.4. The summed E-state index contributed by atoms with van der Waals surface area (Å²) < 4.78 is 294. The Bertz CT molecular complexity index is 1590. The molecule has 0 aromatic heterocycles. The van der Waals surface area contributed by atoms with Gasteiger partial charge in [0.25, 0.3) is 0 Å². The van der Waals surface area contributed by atoms with Crippen LogP contribution in [0.2, 0.25) is 0 Å². The smallest absolute Gasteiger partial charge is 0.344 e. The lowest BCUT2D eigenvalue weighted by Gasteiger charge is -1.92. The topological polar surface area (TPSA) is 671 Å². The molecule has 0 fully saturated rings. The van der Waals surface area contributed by atoms with E-state index in [2.05, 4.69) is 43.3 Å². The van der Waals surface area contributed by atoms with Gasteiger partial charge in [0.15, 0.2) is 0 Å². The highest BCUT2D eigenvalue weighted by atomic mass is 32.3. The Morgan fingerprint density at radius 1 is 0.176 bits per heavy atom. The van der Waals surface area contributed by atoms with Gasteiger partial charge in [-0.2, -0.15) is 84.2 Å². The van der Waals surface area contributed by atoms with Crippen LogP contribution in [0.15, 0.2) is 0 Å². The molecule has 0 radical (unpaired) electrons. The summed E-state index contributed by atoms with van der Waals surface area (Å²) in [5, 5.41) is 0. The molecule has 0 aliphatic rings. The first kappa shape index (κ1) is 61.7. The van der Waals surface area contributed by atoms with Gasteiger partial charge in [-0.05, 0) is 0 Å². The predicted octanol–water partition coefficient (Wildman–Crippen LogP) is -7.14. The van der Waals surface area contributed by atoms with Crippen molar-refractivity contribution < 1.29 is 173 Å². The summed E-state index contributed by atoms with van der Waals surface area (Å²) in [5.41, 5.74) is 0. The average molecular weight is 988 g/mol. The predicted molar refractivity (Wildman–Crippen MR) is 131 cm³/mol. The summed E-state index contributed by atoms with van der Waals surface area (Å²) in [6.45, 7) is 0. The Kier molecular flexibility index (Phi) is 28.4. The Morgan fingerprint density at radius 3 is 0.235 bits per heavy atom. The van der Waals surface area contributed by atoms with Crippen LogP contribution in [0.5, 0.6) is 0 Å². The highest BCUT2D eigenvalue weighted by Crippen LogP contribution is 1.95. The van der Waals surface area contributed by atoms with E-state index >= 15 is 0 Å². The lowest BCUT2D eigenvalue weighted by Crippen LogP contribution is -2.10. The molecule has 0 aliphatic carbocycles. The van der Waals surface area contributed by atoms with Gasteiger partial charge in [-0.3, -0.25) is 45.5 Å². The number of hydrogen-bond donors (Lipinski definition) is 11. The minimum Gasteiger partial charge on any atom is -0.344 e. The van der Waals surface area contributed by atoms with E-state index in [4.69, 9.17) is 45.5 Å². The van der Waals surface area contributed by atoms with E-state index in [0.29, 0.717) is 0 Å². The molecule has 0 saturated heterocycles. The van der Waals surface area contributed by atoms with E-state index in [0.717, 1.165) is 0 Å². The van der Waals surface area contributed by atoms with Gasteiger partial charge < -0.3 is 6.15 Å². The summed E-state index contributed by atoms with van der Waals surface area (Å²) in [6.07, 6.45) is 0. The molecule has 0 spiro atoms. The molecule has 0 heterocycles. The summed E-state index contributed by atoms with van der Waals surface area (Å²) in [5.74, 6) is 0. The molecule has 0 aliphatic heterocycles. The van der Waals surface area contributed by atoms with Crippen LogP contribution in [-0.4, -0.2) is 130 Å². The van der Waals surface area contributed by atoms with Crippen LogP contribution in [0.1, 0.15) is 0 Å². The van der Waals surface area contributed by atoms with Gasteiger partial charge in [0.1, 0.15) is 0 Å². The van der Waals surface area contributed by atoms with Crippen molar-refractivity contribution in [1.82, 2.24) is 6.15 Å². The summed E-state index contributed by atoms with van der Waals surface area (Å²) >= 11 is 0. The molecule has 318 valence electrons. The summed E-state index contributed by atoms with van der Waals surface area (Å²) in [7, 11) is -50.2. The first-order valence-electron chi connectivity index (χ1n) is 7.66. The molecular weight excluding hydrogens is 975 g/mol. The van der Waals surface area contributed by atoms with Crippen molar-refractivity contribution in [3.8, 4) is 0 Å². The maximum Gasteiger partial charge on any atom is 0.425 e. The third kappa shape index (κ3) is 93.5. The fraction of sp³-hybridized carbons (Fsp3) is 0. The fourth-order valence-electron chi connectivity index (χ4n) is 0.351. The minimum absolute atomic E-state index is 0. The van der Waals surface area contributed by atoms with Gasteiger partial charge in [0, 0.05) is 0 Å². The Morgan fingerprint density at radius 2 is 0.216 bits per heavy atom. The SMILES string of the molecule is N.O=S(=O)(O)OOS(=O)(=O)O.O=S(=O)(O)OOS(=O)(=O)O.O=S(=O)(O)OOS(=O)(=O)O.O=S(=O)(O)OOS(=O)(=O)O.O=S(=O)(O)OOS(=O)(=O)O. The van der Waals surface area contributed by atoms with E-state index < -0.39 is 104 Å². The molecule has 0 atom stereocenters. The third-order valence-electron chi connectivity index (χ3n) is 0.999. The van der Waals surface area contributed by atoms with Gasteiger partial charge in [-0.15, -0.1) is 0 Å². The molecule has 0 aromatic rings. The van der Waals surface area contributed by atoms with Crippen LogP contribution in [0.4, 0.5) is 0 Å². The maximum absolute atomic E-state index is 9.51. The quantitative estimate of drug-likeness (QED) is 0.0412. The molecule has 51 heteroatoms. The molecule has 41 nitrogen and oxygen atoms in total. The molecule has 0 aromatic carbocycles. The lowest BCUT2D eigenvalue weighted by atomic mass is 14.0. The van der Waals surface area contributed by atoms with E-state index in [1.54, 1.807) is 0 Å². The van der Waals surface area contributed by atoms with Crippen molar-refractivity contribution in [2.45, 2.75) is 0 Å². The van der Waals surface area contributed by atoms with Crippen molar-refractivity contribution in [3.63, 3.8) is 0 Å². The molecule has 0 bridgehead atoms. The van der Waals surface area contributed by atoms with Crippen LogP contribution in [0.3, 0.4) is 0 Å². The Labute approximate surface area is 282 Å². The van der Waals surface area contributed by atoms with Crippen LogP contribution in [0, 0.1) is 0 Å². The second-order valence-corrected chi connectivity index (χ2v) is 14.9. The summed E-state index contributed by atoms with van der Waals surface area (Å²) in [4.78, 5) is 0. The summed E-state index contributed by atoms with van der Waals surface area (Å²) in [6, 6.07) is 0. The van der Waals surface area contributed by atoms with E-state index in [1.807, 2.05) is 0 Å². The van der Waals surface area contributed by atoms with Crippen molar-refractivity contribution in [2.24, 2.45) is 0 Å². The molecule has 0 rings (SSSR count). The van der Waals surface area contributed by atoms with E-state index in [1.165, 1.54) is 0 Å². The van der Waals surface area contributed by atoms with Crippen molar-refractivity contribution in [3.05, 3.63) is 0 Å². The standard InChI is InChI=1S/H3N.5H2O8S2/c;5*1-9(2,3)7-8-10(4,5)6/h1H3;5*(H,1,2,3)(H,4,5,6). The van der Waals surface area contributed by atoms with Crippen LogP contribution in [0.25, 0.3) is 0 Å². The lowest BCUT2D eigenvalue weighted by molar-refractivity contribution is -0.105. The molecule has 51 heavy (non-hydrogen) atoms. The highest BCUT2D eigenvalue weighted by Gasteiger charge is 2.16. The monoisotopic (exact) mass is 987 g/mol. The normalized spacial score (nSPS) is 13.1. The fourth-order valence-corrected chi connectivity index (χ4v) is 3.16. The Balaban J connectivity index is -0.000000123. The average Bonchev–Trinajstić information content (AvgIpc) is 2.75. The zero-order valence-electron chi connectivity index (χ0n) is 21.5. The molecule has 13 N–H and O–H groups in total. The van der Waals surface area contributed by atoms with Crippen LogP contribution < -0.4 is 6.15 Å². The van der Waals surface area contributed by atoms with Gasteiger partial charge >= 0.3 is 104 Å². The molecule has 0 amide bonds. The molecule has 0 saturated carbocycles. The zero-order valence-corrected chi connectivity index (χ0v) is 29.7. The maximum atomic E-state index is 9.51. The highest BCUT2D eigenvalue weighted by molar-refractivity contribution is 7.84. The first-order chi connectivity index (χ1) is 21.0. The number of hydrogen-bond acceptors (Lipinski definition) is 31. The van der Waals surface area contributed by atoms with Gasteiger partial charge in [-0.25, -0.2) is 0 Å². The van der Waals surface area contributed by atoms with E-state index in [-0.39, 0.29) is 6.15 Å². The van der Waals surface area contributed by atoms with Gasteiger partial charge in [-0.1, -0.05) is 43.3 Å².